The highest BCUT2D eigenvalue weighted by Crippen LogP contribution is 2.35. The highest BCUT2D eigenvalue weighted by Gasteiger charge is 2.29. The number of hydrogen-bond acceptors (Lipinski definition) is 6. The summed E-state index contributed by atoms with van der Waals surface area (Å²) in [4.78, 5) is 20.1. The SMILES string of the molecule is Cc1c(-c2noc(-c3cnc(OC(C)C)c(Cl)c3)n2)ccc2c1CC(C(=O)O)C2. The second kappa shape index (κ2) is 7.48. The van der Waals surface area contributed by atoms with Crippen molar-refractivity contribution in [2.45, 2.75) is 39.7 Å². The Kier molecular flexibility index (Phi) is 5.00. The van der Waals surface area contributed by atoms with E-state index in [1.807, 2.05) is 32.9 Å². The Morgan fingerprint density at radius 1 is 1.34 bits per heavy atom. The van der Waals surface area contributed by atoms with Crippen LogP contribution in [0.5, 0.6) is 5.88 Å². The zero-order valence-corrected chi connectivity index (χ0v) is 17.0. The zero-order chi connectivity index (χ0) is 20.7. The predicted molar refractivity (Wildman–Crippen MR) is 107 cm³/mol. The van der Waals surface area contributed by atoms with Crippen molar-refractivity contribution in [3.8, 4) is 28.7 Å². The lowest BCUT2D eigenvalue weighted by molar-refractivity contribution is -0.141. The molecule has 2 aromatic heterocycles. The molecule has 0 radical (unpaired) electrons. The van der Waals surface area contributed by atoms with E-state index < -0.39 is 5.97 Å². The topological polar surface area (TPSA) is 98.3 Å². The minimum atomic E-state index is -0.765. The second-order valence-electron chi connectivity index (χ2n) is 7.42. The van der Waals surface area contributed by atoms with E-state index in [1.165, 1.54) is 0 Å². The highest BCUT2D eigenvalue weighted by molar-refractivity contribution is 6.32. The van der Waals surface area contributed by atoms with Crippen molar-refractivity contribution in [2.24, 2.45) is 5.92 Å². The molecule has 150 valence electrons. The van der Waals surface area contributed by atoms with Crippen molar-refractivity contribution in [1.29, 1.82) is 0 Å². The second-order valence-corrected chi connectivity index (χ2v) is 7.83. The first-order valence-electron chi connectivity index (χ1n) is 9.34. The number of carboxylic acids is 1. The molecule has 7 nitrogen and oxygen atoms in total. The van der Waals surface area contributed by atoms with Crippen LogP contribution in [-0.2, 0) is 17.6 Å². The van der Waals surface area contributed by atoms with Crippen LogP contribution in [0.1, 0.15) is 30.5 Å². The van der Waals surface area contributed by atoms with Gasteiger partial charge in [-0.05, 0) is 56.4 Å². The zero-order valence-electron chi connectivity index (χ0n) is 16.3. The van der Waals surface area contributed by atoms with Gasteiger partial charge in [-0.2, -0.15) is 4.98 Å². The largest absolute Gasteiger partial charge is 0.481 e. The smallest absolute Gasteiger partial charge is 0.307 e. The van der Waals surface area contributed by atoms with Crippen LogP contribution in [0.25, 0.3) is 22.8 Å². The molecule has 1 unspecified atom stereocenters. The molecule has 8 heteroatoms. The van der Waals surface area contributed by atoms with Gasteiger partial charge >= 0.3 is 5.97 Å². The van der Waals surface area contributed by atoms with Gasteiger partial charge in [-0.25, -0.2) is 4.98 Å². The fourth-order valence-electron chi connectivity index (χ4n) is 3.59. The number of aliphatic carboxylic acids is 1. The van der Waals surface area contributed by atoms with Crippen molar-refractivity contribution < 1.29 is 19.2 Å². The average Bonchev–Trinajstić information content (AvgIpc) is 3.31. The maximum atomic E-state index is 11.3. The fourth-order valence-corrected chi connectivity index (χ4v) is 3.80. The lowest BCUT2D eigenvalue weighted by Gasteiger charge is -2.09. The van der Waals surface area contributed by atoms with Crippen LogP contribution in [0, 0.1) is 12.8 Å². The molecule has 0 aliphatic heterocycles. The van der Waals surface area contributed by atoms with Crippen LogP contribution in [0.4, 0.5) is 0 Å². The van der Waals surface area contributed by atoms with Gasteiger partial charge < -0.3 is 14.4 Å². The molecule has 1 N–H and O–H groups in total. The van der Waals surface area contributed by atoms with Gasteiger partial charge in [-0.1, -0.05) is 28.9 Å². The Morgan fingerprint density at radius 3 is 2.83 bits per heavy atom. The van der Waals surface area contributed by atoms with Gasteiger partial charge in [-0.3, -0.25) is 4.79 Å². The monoisotopic (exact) mass is 413 g/mol. The first kappa shape index (κ1) is 19.4. The van der Waals surface area contributed by atoms with Crippen LogP contribution in [0.3, 0.4) is 0 Å². The Hall–Kier alpha value is -2.93. The van der Waals surface area contributed by atoms with Gasteiger partial charge in [-0.15, -0.1) is 0 Å². The van der Waals surface area contributed by atoms with Crippen LogP contribution >= 0.6 is 11.6 Å². The van der Waals surface area contributed by atoms with E-state index >= 15 is 0 Å². The molecule has 0 saturated carbocycles. The lowest BCUT2D eigenvalue weighted by Crippen LogP contribution is -2.13. The lowest BCUT2D eigenvalue weighted by atomic mass is 9.98. The van der Waals surface area contributed by atoms with Crippen molar-refractivity contribution in [3.63, 3.8) is 0 Å². The molecule has 0 bridgehead atoms. The minimum absolute atomic E-state index is 0.0376. The van der Waals surface area contributed by atoms with Crippen molar-refractivity contribution in [2.75, 3.05) is 0 Å². The maximum Gasteiger partial charge on any atom is 0.307 e. The van der Waals surface area contributed by atoms with Gasteiger partial charge in [0.1, 0.15) is 5.02 Å². The molecule has 4 rings (SSSR count). The molecular weight excluding hydrogens is 394 g/mol. The minimum Gasteiger partial charge on any atom is -0.481 e. The predicted octanol–water partition coefficient (Wildman–Crippen LogP) is 4.35. The molecule has 3 aromatic rings. The summed E-state index contributed by atoms with van der Waals surface area (Å²) in [5, 5.41) is 13.8. The third-order valence-electron chi connectivity index (χ3n) is 5.03. The Balaban J connectivity index is 1.63. The molecule has 1 aliphatic rings. The molecule has 1 aromatic carbocycles. The summed E-state index contributed by atoms with van der Waals surface area (Å²) >= 11 is 6.25. The third-order valence-corrected chi connectivity index (χ3v) is 5.30. The van der Waals surface area contributed by atoms with E-state index in [4.69, 9.17) is 20.9 Å². The van der Waals surface area contributed by atoms with Gasteiger partial charge in [0.2, 0.25) is 11.7 Å². The summed E-state index contributed by atoms with van der Waals surface area (Å²) in [5.74, 6) is -0.0445. The normalized spacial score (nSPS) is 15.6. The number of ether oxygens (including phenoxy) is 1. The van der Waals surface area contributed by atoms with Crippen LogP contribution in [0.2, 0.25) is 5.02 Å². The molecule has 2 heterocycles. The van der Waals surface area contributed by atoms with E-state index in [2.05, 4.69) is 15.1 Å². The number of rotatable bonds is 5. The number of fused-ring (bicyclic) bond motifs is 1. The van der Waals surface area contributed by atoms with Crippen molar-refractivity contribution in [3.05, 3.63) is 46.1 Å². The summed E-state index contributed by atoms with van der Waals surface area (Å²) in [6, 6.07) is 5.54. The molecule has 0 amide bonds. The van der Waals surface area contributed by atoms with E-state index in [1.54, 1.807) is 12.3 Å². The number of pyridine rings is 1. The van der Waals surface area contributed by atoms with E-state index in [9.17, 15) is 9.90 Å². The fraction of sp³-hybridized carbons (Fsp3) is 0.333. The third kappa shape index (κ3) is 3.70. The summed E-state index contributed by atoms with van der Waals surface area (Å²) in [5.41, 5.74) is 4.52. The Morgan fingerprint density at radius 2 is 2.14 bits per heavy atom. The summed E-state index contributed by atoms with van der Waals surface area (Å²) in [7, 11) is 0. The number of halogens is 1. The number of nitrogens with zero attached hydrogens (tertiary/aromatic N) is 3. The van der Waals surface area contributed by atoms with E-state index in [-0.39, 0.29) is 12.0 Å². The number of aromatic nitrogens is 3. The number of hydrogen-bond donors (Lipinski definition) is 1. The Bertz CT molecular complexity index is 1090. The molecule has 0 spiro atoms. The Labute approximate surface area is 172 Å². The van der Waals surface area contributed by atoms with E-state index in [0.29, 0.717) is 41.0 Å². The van der Waals surface area contributed by atoms with Crippen molar-refractivity contribution >= 4 is 17.6 Å². The number of carboxylic acid groups (broad SMARTS) is 1. The van der Waals surface area contributed by atoms with Gasteiger partial charge in [0.15, 0.2) is 0 Å². The summed E-state index contributed by atoms with van der Waals surface area (Å²) in [6.45, 7) is 5.76. The van der Waals surface area contributed by atoms with Crippen LogP contribution in [-0.4, -0.2) is 32.3 Å². The van der Waals surface area contributed by atoms with Crippen LogP contribution < -0.4 is 4.74 Å². The molecule has 1 atom stereocenters. The van der Waals surface area contributed by atoms with E-state index in [0.717, 1.165) is 22.3 Å². The molecule has 29 heavy (non-hydrogen) atoms. The van der Waals surface area contributed by atoms with Gasteiger partial charge in [0, 0.05) is 11.8 Å². The van der Waals surface area contributed by atoms with Gasteiger partial charge in [0.25, 0.3) is 5.89 Å². The standard InChI is InChI=1S/C21H20ClN3O4/c1-10(2)28-20-17(22)8-14(9-23-20)19-24-18(25-29-19)15-5-4-12-6-13(21(26)27)7-16(12)11(15)3/h4-5,8-10,13H,6-7H2,1-3H3,(H,26,27). The number of carbonyl (C=O) groups is 1. The summed E-state index contributed by atoms with van der Waals surface area (Å²) < 4.78 is 11.0. The van der Waals surface area contributed by atoms with Crippen LogP contribution in [0.15, 0.2) is 28.9 Å². The van der Waals surface area contributed by atoms with Crippen molar-refractivity contribution in [1.82, 2.24) is 15.1 Å². The first-order valence-corrected chi connectivity index (χ1v) is 9.72. The van der Waals surface area contributed by atoms with Gasteiger partial charge in [0.05, 0.1) is 17.6 Å². The first-order chi connectivity index (χ1) is 13.8. The summed E-state index contributed by atoms with van der Waals surface area (Å²) in [6.07, 6.45) is 2.61. The average molecular weight is 414 g/mol. The quantitative estimate of drug-likeness (QED) is 0.663. The number of benzene rings is 1. The molecule has 0 fully saturated rings. The molecule has 1 aliphatic carbocycles. The molecule has 0 saturated heterocycles. The maximum absolute atomic E-state index is 11.3. The highest BCUT2D eigenvalue weighted by atomic mass is 35.5. The molecular formula is C21H20ClN3O4.